The molecule has 220 valence electrons. The standard InChI is InChI=1S/C32H46ClN3O4/c1-8-9-10-11-12-13-19-36(27(37)21-34-31(39)40-32(5,6)7)29(25-18-17-22(2)24(4)20-25)30(38)35-28-23(3)15-14-16-26(28)33/h14-18,20,29H,8-13,19,21H2,1-7H3,(H,34,39)(H,35,38). The lowest BCUT2D eigenvalue weighted by molar-refractivity contribution is -0.138. The van der Waals surface area contributed by atoms with E-state index in [1.165, 1.54) is 6.42 Å². The van der Waals surface area contributed by atoms with Crippen molar-refractivity contribution in [3.8, 4) is 0 Å². The Morgan fingerprint density at radius 3 is 2.23 bits per heavy atom. The van der Waals surface area contributed by atoms with E-state index in [1.54, 1.807) is 31.7 Å². The SMILES string of the molecule is CCCCCCCCN(C(=O)CNC(=O)OC(C)(C)C)C(C(=O)Nc1c(C)cccc1Cl)c1ccc(C)c(C)c1. The molecular weight excluding hydrogens is 526 g/mol. The van der Waals surface area contributed by atoms with Crippen molar-refractivity contribution in [3.05, 3.63) is 63.7 Å². The summed E-state index contributed by atoms with van der Waals surface area (Å²) in [5, 5.41) is 5.97. The van der Waals surface area contributed by atoms with Gasteiger partial charge in [-0.05, 0) is 76.3 Å². The number of ether oxygens (including phenoxy) is 1. The number of rotatable bonds is 13. The van der Waals surface area contributed by atoms with Crippen molar-refractivity contribution in [2.24, 2.45) is 0 Å². The first-order chi connectivity index (χ1) is 18.8. The van der Waals surface area contributed by atoms with Crippen LogP contribution in [0.2, 0.25) is 5.02 Å². The van der Waals surface area contributed by atoms with Gasteiger partial charge in [0.1, 0.15) is 18.2 Å². The minimum absolute atomic E-state index is 0.287. The molecule has 0 spiro atoms. The number of anilines is 1. The number of para-hydroxylation sites is 1. The zero-order valence-corrected chi connectivity index (χ0v) is 25.9. The van der Waals surface area contributed by atoms with Crippen molar-refractivity contribution >= 4 is 35.2 Å². The molecule has 0 aliphatic heterocycles. The van der Waals surface area contributed by atoms with E-state index in [0.717, 1.165) is 48.8 Å². The predicted molar refractivity (Wildman–Crippen MR) is 163 cm³/mol. The highest BCUT2D eigenvalue weighted by Crippen LogP contribution is 2.30. The predicted octanol–water partition coefficient (Wildman–Crippen LogP) is 7.66. The minimum Gasteiger partial charge on any atom is -0.444 e. The summed E-state index contributed by atoms with van der Waals surface area (Å²) in [6, 6.07) is 10.3. The maximum atomic E-state index is 14.0. The second-order valence-corrected chi connectivity index (χ2v) is 11.8. The molecule has 7 nitrogen and oxygen atoms in total. The number of nitrogens with one attached hydrogen (secondary N) is 2. The van der Waals surface area contributed by atoms with Crippen molar-refractivity contribution in [3.63, 3.8) is 0 Å². The lowest BCUT2D eigenvalue weighted by atomic mass is 9.98. The summed E-state index contributed by atoms with van der Waals surface area (Å²) in [4.78, 5) is 41.6. The van der Waals surface area contributed by atoms with Crippen LogP contribution in [0.25, 0.3) is 0 Å². The molecule has 0 heterocycles. The van der Waals surface area contributed by atoms with Gasteiger partial charge in [-0.1, -0.05) is 81.0 Å². The second-order valence-electron chi connectivity index (χ2n) is 11.4. The van der Waals surface area contributed by atoms with E-state index in [-0.39, 0.29) is 18.4 Å². The van der Waals surface area contributed by atoms with Gasteiger partial charge < -0.3 is 20.3 Å². The van der Waals surface area contributed by atoms with Crippen LogP contribution < -0.4 is 10.6 Å². The van der Waals surface area contributed by atoms with Crippen LogP contribution in [0.1, 0.15) is 94.5 Å². The highest BCUT2D eigenvalue weighted by Gasteiger charge is 2.32. The Labute approximate surface area is 245 Å². The van der Waals surface area contributed by atoms with Crippen LogP contribution in [0.15, 0.2) is 36.4 Å². The summed E-state index contributed by atoms with van der Waals surface area (Å²) in [6.07, 6.45) is 5.52. The number of hydrogen-bond donors (Lipinski definition) is 2. The Hall–Kier alpha value is -3.06. The van der Waals surface area contributed by atoms with Crippen LogP contribution in [-0.2, 0) is 14.3 Å². The minimum atomic E-state index is -0.918. The number of hydrogen-bond acceptors (Lipinski definition) is 4. The van der Waals surface area contributed by atoms with Gasteiger partial charge in [-0.2, -0.15) is 0 Å². The van der Waals surface area contributed by atoms with Gasteiger partial charge in [0.2, 0.25) is 5.91 Å². The van der Waals surface area contributed by atoms with Crippen molar-refractivity contribution in [2.75, 3.05) is 18.4 Å². The largest absolute Gasteiger partial charge is 0.444 e. The third kappa shape index (κ3) is 10.5. The molecule has 2 N–H and O–H groups in total. The first-order valence-corrected chi connectivity index (χ1v) is 14.6. The molecule has 1 atom stereocenters. The molecule has 0 aromatic heterocycles. The van der Waals surface area contributed by atoms with Gasteiger partial charge in [-0.25, -0.2) is 4.79 Å². The van der Waals surface area contributed by atoms with Crippen LogP contribution in [-0.4, -0.2) is 41.5 Å². The molecule has 1 unspecified atom stereocenters. The Morgan fingerprint density at radius 1 is 0.925 bits per heavy atom. The lowest BCUT2D eigenvalue weighted by Crippen LogP contribution is -2.47. The third-order valence-electron chi connectivity index (χ3n) is 6.73. The maximum absolute atomic E-state index is 14.0. The van der Waals surface area contributed by atoms with E-state index in [1.807, 2.05) is 51.1 Å². The molecule has 2 aromatic carbocycles. The van der Waals surface area contributed by atoms with Gasteiger partial charge in [0.15, 0.2) is 0 Å². The second kappa shape index (κ2) is 15.7. The summed E-state index contributed by atoms with van der Waals surface area (Å²) in [7, 11) is 0. The van der Waals surface area contributed by atoms with Gasteiger partial charge >= 0.3 is 6.09 Å². The molecule has 0 saturated carbocycles. The van der Waals surface area contributed by atoms with Gasteiger partial charge in [-0.3, -0.25) is 9.59 Å². The normalized spacial score (nSPS) is 12.0. The van der Waals surface area contributed by atoms with Crippen LogP contribution in [0.4, 0.5) is 10.5 Å². The number of amides is 3. The quantitative estimate of drug-likeness (QED) is 0.242. The summed E-state index contributed by atoms with van der Waals surface area (Å²) in [5.41, 5.74) is 3.44. The fourth-order valence-electron chi connectivity index (χ4n) is 4.41. The average Bonchev–Trinajstić information content (AvgIpc) is 2.87. The van der Waals surface area contributed by atoms with E-state index < -0.39 is 17.7 Å². The van der Waals surface area contributed by atoms with Gasteiger partial charge in [0, 0.05) is 6.54 Å². The Morgan fingerprint density at radius 2 is 1.60 bits per heavy atom. The summed E-state index contributed by atoms with van der Waals surface area (Å²) >= 11 is 6.44. The highest BCUT2D eigenvalue weighted by atomic mass is 35.5. The van der Waals surface area contributed by atoms with Gasteiger partial charge in [-0.15, -0.1) is 0 Å². The molecule has 0 fully saturated rings. The Bertz CT molecular complexity index is 1140. The molecule has 0 bridgehead atoms. The number of nitrogens with zero attached hydrogens (tertiary/aromatic N) is 1. The van der Waals surface area contributed by atoms with E-state index >= 15 is 0 Å². The van der Waals surface area contributed by atoms with Crippen molar-refractivity contribution in [1.29, 1.82) is 0 Å². The molecule has 2 aromatic rings. The van der Waals surface area contributed by atoms with Crippen LogP contribution in [0.5, 0.6) is 0 Å². The number of alkyl carbamates (subject to hydrolysis) is 1. The molecular formula is C32H46ClN3O4. The van der Waals surface area contributed by atoms with Crippen molar-refractivity contribution < 1.29 is 19.1 Å². The van der Waals surface area contributed by atoms with Crippen molar-refractivity contribution in [1.82, 2.24) is 10.2 Å². The number of halogens is 1. The number of carbonyl (C=O) groups excluding carboxylic acids is 3. The zero-order valence-electron chi connectivity index (χ0n) is 25.2. The number of aryl methyl sites for hydroxylation is 3. The maximum Gasteiger partial charge on any atom is 0.408 e. The van der Waals surface area contributed by atoms with Crippen LogP contribution in [0, 0.1) is 20.8 Å². The van der Waals surface area contributed by atoms with E-state index in [4.69, 9.17) is 16.3 Å². The fraction of sp³-hybridized carbons (Fsp3) is 0.531. The first-order valence-electron chi connectivity index (χ1n) is 14.2. The van der Waals surface area contributed by atoms with E-state index in [9.17, 15) is 14.4 Å². The summed E-state index contributed by atoms with van der Waals surface area (Å²) < 4.78 is 5.32. The number of unbranched alkanes of at least 4 members (excludes halogenated alkanes) is 5. The highest BCUT2D eigenvalue weighted by molar-refractivity contribution is 6.34. The van der Waals surface area contributed by atoms with E-state index in [0.29, 0.717) is 22.8 Å². The summed E-state index contributed by atoms with van der Waals surface area (Å²) in [6.45, 7) is 13.4. The molecule has 2 rings (SSSR count). The number of carbonyl (C=O) groups is 3. The Kier molecular flexibility index (Phi) is 13.0. The molecule has 0 saturated heterocycles. The molecule has 0 aliphatic carbocycles. The first kappa shape index (κ1) is 33.1. The molecule has 3 amide bonds. The number of benzene rings is 2. The average molecular weight is 572 g/mol. The Balaban J connectivity index is 2.41. The molecule has 0 radical (unpaired) electrons. The smallest absolute Gasteiger partial charge is 0.408 e. The fourth-order valence-corrected chi connectivity index (χ4v) is 4.68. The van der Waals surface area contributed by atoms with Gasteiger partial charge in [0.05, 0.1) is 10.7 Å². The topological polar surface area (TPSA) is 87.7 Å². The van der Waals surface area contributed by atoms with E-state index in [2.05, 4.69) is 17.6 Å². The lowest BCUT2D eigenvalue weighted by Gasteiger charge is -2.32. The molecule has 40 heavy (non-hydrogen) atoms. The molecule has 0 aliphatic rings. The van der Waals surface area contributed by atoms with Gasteiger partial charge in [0.25, 0.3) is 5.91 Å². The van der Waals surface area contributed by atoms with Crippen molar-refractivity contribution in [2.45, 2.75) is 98.6 Å². The summed E-state index contributed by atoms with van der Waals surface area (Å²) in [5.74, 6) is -0.732. The zero-order chi connectivity index (χ0) is 29.9. The molecule has 8 heteroatoms. The third-order valence-corrected chi connectivity index (χ3v) is 7.05. The monoisotopic (exact) mass is 571 g/mol. The van der Waals surface area contributed by atoms with Crippen LogP contribution >= 0.6 is 11.6 Å². The van der Waals surface area contributed by atoms with Crippen LogP contribution in [0.3, 0.4) is 0 Å².